The highest BCUT2D eigenvalue weighted by Gasteiger charge is 2.27. The molecule has 1 N–H and O–H groups in total. The van der Waals surface area contributed by atoms with E-state index in [1.54, 1.807) is 22.3 Å². The number of nitrogens with one attached hydrogen (secondary N) is 1. The Hall–Kier alpha value is -2.32. The van der Waals surface area contributed by atoms with Crippen LogP contribution in [0.4, 0.5) is 0 Å². The molecule has 3 unspecified atom stereocenters. The van der Waals surface area contributed by atoms with E-state index in [-0.39, 0.29) is 0 Å². The van der Waals surface area contributed by atoms with Crippen LogP contribution in [0.25, 0.3) is 0 Å². The van der Waals surface area contributed by atoms with Gasteiger partial charge >= 0.3 is 0 Å². The van der Waals surface area contributed by atoms with Crippen LogP contribution in [0.2, 0.25) is 0 Å². The second-order valence-corrected chi connectivity index (χ2v) is 7.15. The quantitative estimate of drug-likeness (QED) is 0.757. The molecule has 0 saturated carbocycles. The summed E-state index contributed by atoms with van der Waals surface area (Å²) in [4.78, 5) is 4.89. The van der Waals surface area contributed by atoms with Gasteiger partial charge in [0, 0.05) is 11.3 Å². The van der Waals surface area contributed by atoms with Gasteiger partial charge in [0.15, 0.2) is 0 Å². The molecule has 7 nitrogen and oxygen atoms in total. The Morgan fingerprint density at radius 2 is 2.20 bits per heavy atom. The average Bonchev–Trinajstić information content (AvgIpc) is 3.33. The van der Waals surface area contributed by atoms with Gasteiger partial charge in [0.2, 0.25) is 6.23 Å². The summed E-state index contributed by atoms with van der Waals surface area (Å²) < 4.78 is 7.72. The lowest BCUT2D eigenvalue weighted by atomic mass is 9.88. The van der Waals surface area contributed by atoms with Crippen molar-refractivity contribution in [3.8, 4) is 5.75 Å². The standard InChI is InChI=1S/C17H20N6OS/c1-12-9-18-8-7-14(12)16-20-15(10-25-16)17(23-11-19-21-22-23)24-13-5-3-2-4-6-13/h2-6,10-12,14,17-18H,7-9H2,1H3. The number of thiazole rings is 1. The topological polar surface area (TPSA) is 77.8 Å². The van der Waals surface area contributed by atoms with Gasteiger partial charge in [0.05, 0.1) is 5.01 Å². The molecule has 2 aromatic heterocycles. The summed E-state index contributed by atoms with van der Waals surface area (Å²) >= 11 is 1.70. The smallest absolute Gasteiger partial charge is 0.238 e. The minimum absolute atomic E-state index is 0.473. The number of ether oxygens (including phenoxy) is 1. The molecule has 3 heterocycles. The highest BCUT2D eigenvalue weighted by atomic mass is 32.1. The van der Waals surface area contributed by atoms with E-state index in [0.29, 0.717) is 11.8 Å². The minimum Gasteiger partial charge on any atom is -0.463 e. The maximum absolute atomic E-state index is 6.12. The van der Waals surface area contributed by atoms with Crippen LogP contribution in [0.1, 0.15) is 36.2 Å². The Bertz CT molecular complexity index is 791. The van der Waals surface area contributed by atoms with Crippen LogP contribution < -0.4 is 10.1 Å². The molecule has 0 aliphatic carbocycles. The molecule has 1 fully saturated rings. The van der Waals surface area contributed by atoms with Crippen molar-refractivity contribution in [3.05, 3.63) is 52.7 Å². The molecular weight excluding hydrogens is 336 g/mol. The number of aromatic nitrogens is 5. The Labute approximate surface area is 150 Å². The lowest BCUT2D eigenvalue weighted by molar-refractivity contribution is 0.152. The number of rotatable bonds is 5. The van der Waals surface area contributed by atoms with E-state index < -0.39 is 6.23 Å². The minimum atomic E-state index is -0.473. The summed E-state index contributed by atoms with van der Waals surface area (Å²) in [6, 6.07) is 9.67. The predicted molar refractivity (Wildman–Crippen MR) is 94.5 cm³/mol. The van der Waals surface area contributed by atoms with Gasteiger partial charge in [0.25, 0.3) is 0 Å². The van der Waals surface area contributed by atoms with Crippen molar-refractivity contribution >= 4 is 11.3 Å². The molecule has 25 heavy (non-hydrogen) atoms. The zero-order chi connectivity index (χ0) is 17.1. The third-order valence-corrected chi connectivity index (χ3v) is 5.49. The molecule has 3 atom stereocenters. The van der Waals surface area contributed by atoms with Gasteiger partial charge in [0.1, 0.15) is 17.8 Å². The molecule has 4 rings (SSSR count). The molecule has 1 saturated heterocycles. The van der Waals surface area contributed by atoms with Crippen molar-refractivity contribution in [2.75, 3.05) is 13.1 Å². The summed E-state index contributed by atoms with van der Waals surface area (Å²) in [6.45, 7) is 4.36. The summed E-state index contributed by atoms with van der Waals surface area (Å²) in [7, 11) is 0. The largest absolute Gasteiger partial charge is 0.463 e. The van der Waals surface area contributed by atoms with Gasteiger partial charge in [-0.25, -0.2) is 4.98 Å². The number of hydrogen-bond acceptors (Lipinski definition) is 7. The Morgan fingerprint density at radius 1 is 1.32 bits per heavy atom. The first kappa shape index (κ1) is 16.2. The number of nitrogens with zero attached hydrogens (tertiary/aromatic N) is 5. The molecule has 1 aliphatic heterocycles. The number of piperidine rings is 1. The van der Waals surface area contributed by atoms with Crippen molar-refractivity contribution in [2.24, 2.45) is 5.92 Å². The normalized spacial score (nSPS) is 21.8. The molecule has 130 valence electrons. The van der Waals surface area contributed by atoms with E-state index in [1.807, 2.05) is 30.3 Å². The van der Waals surface area contributed by atoms with E-state index >= 15 is 0 Å². The highest BCUT2D eigenvalue weighted by Crippen LogP contribution is 2.34. The summed E-state index contributed by atoms with van der Waals surface area (Å²) in [5.74, 6) is 1.83. The molecule has 0 amide bonds. The number of para-hydroxylation sites is 1. The van der Waals surface area contributed by atoms with Crippen LogP contribution in [0.3, 0.4) is 0 Å². The Morgan fingerprint density at radius 3 is 2.96 bits per heavy atom. The van der Waals surface area contributed by atoms with Crippen LogP contribution in [-0.2, 0) is 0 Å². The molecule has 8 heteroatoms. The van der Waals surface area contributed by atoms with Crippen LogP contribution in [0, 0.1) is 5.92 Å². The summed E-state index contributed by atoms with van der Waals surface area (Å²) in [6.07, 6.45) is 2.20. The van der Waals surface area contributed by atoms with Crippen LogP contribution in [0.15, 0.2) is 42.0 Å². The van der Waals surface area contributed by atoms with Gasteiger partial charge < -0.3 is 10.1 Å². The van der Waals surface area contributed by atoms with Crippen molar-refractivity contribution in [1.82, 2.24) is 30.5 Å². The Balaban J connectivity index is 1.61. The first-order valence-corrected chi connectivity index (χ1v) is 9.29. The second-order valence-electron chi connectivity index (χ2n) is 6.26. The fourth-order valence-electron chi connectivity index (χ4n) is 3.12. The van der Waals surface area contributed by atoms with Gasteiger partial charge in [-0.15, -0.1) is 16.4 Å². The Kier molecular flexibility index (Phi) is 4.71. The number of tetrazole rings is 1. The average molecular weight is 356 g/mol. The molecule has 1 aliphatic rings. The molecule has 0 radical (unpaired) electrons. The fraction of sp³-hybridized carbons (Fsp3) is 0.412. The maximum atomic E-state index is 6.12. The van der Waals surface area contributed by atoms with E-state index in [0.717, 1.165) is 31.0 Å². The molecule has 3 aromatic rings. The SMILES string of the molecule is CC1CNCCC1c1nc(C(Oc2ccccc2)n2cnnn2)cs1. The maximum Gasteiger partial charge on any atom is 0.238 e. The molecule has 1 aromatic carbocycles. The highest BCUT2D eigenvalue weighted by molar-refractivity contribution is 7.09. The first-order valence-electron chi connectivity index (χ1n) is 8.41. The zero-order valence-corrected chi connectivity index (χ0v) is 14.8. The monoisotopic (exact) mass is 356 g/mol. The summed E-state index contributed by atoms with van der Waals surface area (Å²) in [5, 5.41) is 18.1. The van der Waals surface area contributed by atoms with Gasteiger partial charge in [-0.05, 0) is 48.0 Å². The van der Waals surface area contributed by atoms with Gasteiger partial charge in [-0.3, -0.25) is 0 Å². The molecule has 0 bridgehead atoms. The van der Waals surface area contributed by atoms with E-state index in [9.17, 15) is 0 Å². The molecular formula is C17H20N6OS. The van der Waals surface area contributed by atoms with Gasteiger partial charge in [-0.1, -0.05) is 25.1 Å². The fourth-order valence-corrected chi connectivity index (χ4v) is 4.21. The van der Waals surface area contributed by atoms with E-state index in [2.05, 4.69) is 33.1 Å². The lowest BCUT2D eigenvalue weighted by Crippen LogP contribution is -2.33. The lowest BCUT2D eigenvalue weighted by Gasteiger charge is -2.27. The molecule has 0 spiro atoms. The van der Waals surface area contributed by atoms with E-state index in [1.165, 1.54) is 5.01 Å². The predicted octanol–water partition coefficient (Wildman–Crippen LogP) is 2.47. The van der Waals surface area contributed by atoms with Crippen molar-refractivity contribution < 1.29 is 4.74 Å². The number of hydrogen-bond donors (Lipinski definition) is 1. The van der Waals surface area contributed by atoms with Crippen molar-refractivity contribution in [2.45, 2.75) is 25.5 Å². The van der Waals surface area contributed by atoms with E-state index in [4.69, 9.17) is 9.72 Å². The summed E-state index contributed by atoms with van der Waals surface area (Å²) in [5.41, 5.74) is 0.835. The van der Waals surface area contributed by atoms with Crippen LogP contribution >= 0.6 is 11.3 Å². The first-order chi connectivity index (χ1) is 12.3. The number of benzene rings is 1. The van der Waals surface area contributed by atoms with Crippen LogP contribution in [0.5, 0.6) is 5.75 Å². The van der Waals surface area contributed by atoms with Crippen LogP contribution in [-0.4, -0.2) is 38.3 Å². The van der Waals surface area contributed by atoms with Crippen molar-refractivity contribution in [1.29, 1.82) is 0 Å². The van der Waals surface area contributed by atoms with Crippen molar-refractivity contribution in [3.63, 3.8) is 0 Å². The second kappa shape index (κ2) is 7.28. The third-order valence-electron chi connectivity index (χ3n) is 4.49. The van der Waals surface area contributed by atoms with Gasteiger partial charge in [-0.2, -0.15) is 4.68 Å². The third kappa shape index (κ3) is 3.54. The zero-order valence-electron chi connectivity index (χ0n) is 13.9.